The Morgan fingerprint density at radius 1 is 1.44 bits per heavy atom. The third kappa shape index (κ3) is 7.52. The van der Waals surface area contributed by atoms with Crippen LogP contribution in [0.1, 0.15) is 18.9 Å². The van der Waals surface area contributed by atoms with Gasteiger partial charge in [0.25, 0.3) is 0 Å². The Hall–Kier alpha value is -1.47. The minimum Gasteiger partial charge on any atom is -0.338 e. The van der Waals surface area contributed by atoms with E-state index >= 15 is 0 Å². The number of amides is 2. The lowest BCUT2D eigenvalue weighted by Gasteiger charge is -2.19. The molecule has 2 N–H and O–H groups in total. The molecule has 140 valence electrons. The van der Waals surface area contributed by atoms with Gasteiger partial charge in [0.2, 0.25) is 0 Å². The Morgan fingerprint density at radius 3 is 2.88 bits per heavy atom. The van der Waals surface area contributed by atoms with Gasteiger partial charge in [-0.2, -0.15) is 13.2 Å². The van der Waals surface area contributed by atoms with E-state index < -0.39 is 12.7 Å². The van der Waals surface area contributed by atoms with E-state index in [4.69, 9.17) is 11.6 Å². The fraction of sp³-hybridized carbons (Fsp3) is 0.588. The van der Waals surface area contributed by atoms with Gasteiger partial charge in [-0.15, -0.1) is 0 Å². The molecular weight excluding hydrogens is 355 g/mol. The number of hydrogen-bond acceptors (Lipinski definition) is 2. The fourth-order valence-corrected chi connectivity index (χ4v) is 3.27. The lowest BCUT2D eigenvalue weighted by atomic mass is 10.1. The number of hydrogen-bond donors (Lipinski definition) is 2. The van der Waals surface area contributed by atoms with Crippen molar-refractivity contribution in [2.45, 2.75) is 32.0 Å². The molecule has 0 aromatic heterocycles. The average Bonchev–Trinajstić information content (AvgIpc) is 2.90. The van der Waals surface area contributed by atoms with Crippen molar-refractivity contribution < 1.29 is 18.0 Å². The summed E-state index contributed by atoms with van der Waals surface area (Å²) in [7, 11) is 0. The van der Waals surface area contributed by atoms with Crippen LogP contribution in [-0.4, -0.2) is 49.3 Å². The number of rotatable bonds is 6. The van der Waals surface area contributed by atoms with E-state index in [1.54, 1.807) is 6.07 Å². The van der Waals surface area contributed by atoms with Gasteiger partial charge >= 0.3 is 12.2 Å². The smallest absolute Gasteiger partial charge is 0.338 e. The van der Waals surface area contributed by atoms with Crippen molar-refractivity contribution in [3.63, 3.8) is 0 Å². The van der Waals surface area contributed by atoms with E-state index in [-0.39, 0.29) is 18.0 Å². The summed E-state index contributed by atoms with van der Waals surface area (Å²) < 4.78 is 37.1. The maximum absolute atomic E-state index is 12.4. The molecule has 0 bridgehead atoms. The van der Waals surface area contributed by atoms with Crippen LogP contribution < -0.4 is 10.6 Å². The number of nitrogens with one attached hydrogen (secondary N) is 2. The Balaban J connectivity index is 1.67. The van der Waals surface area contributed by atoms with Crippen molar-refractivity contribution in [3.05, 3.63) is 34.9 Å². The van der Waals surface area contributed by atoms with Crippen molar-refractivity contribution in [1.29, 1.82) is 0 Å². The molecule has 0 aliphatic carbocycles. The number of nitrogens with zero attached hydrogens (tertiary/aromatic N) is 1. The molecule has 0 unspecified atom stereocenters. The monoisotopic (exact) mass is 377 g/mol. The van der Waals surface area contributed by atoms with Crippen LogP contribution in [0.5, 0.6) is 0 Å². The third-order valence-electron chi connectivity index (χ3n) is 4.13. The zero-order chi connectivity index (χ0) is 18.4. The van der Waals surface area contributed by atoms with Crippen LogP contribution in [-0.2, 0) is 6.42 Å². The van der Waals surface area contributed by atoms with E-state index in [1.165, 1.54) is 4.90 Å². The minimum absolute atomic E-state index is 0.0522. The molecule has 2 rings (SSSR count). The second-order valence-electron chi connectivity index (χ2n) is 6.59. The molecule has 8 heteroatoms. The maximum Gasteiger partial charge on any atom is 0.401 e. The quantitative estimate of drug-likeness (QED) is 0.797. The molecule has 1 fully saturated rings. The highest BCUT2D eigenvalue weighted by molar-refractivity contribution is 6.30. The Labute approximate surface area is 150 Å². The van der Waals surface area contributed by atoms with Crippen LogP contribution in [0, 0.1) is 5.92 Å². The van der Waals surface area contributed by atoms with Crippen LogP contribution in [0.4, 0.5) is 18.0 Å². The van der Waals surface area contributed by atoms with Crippen molar-refractivity contribution in [1.82, 2.24) is 15.5 Å². The van der Waals surface area contributed by atoms with Crippen molar-refractivity contribution in [3.8, 4) is 0 Å². The SMILES string of the molecule is C[C@H](Cc1cccc(Cl)c1)NC(=O)NC[C@H]1CCN(CC(F)(F)F)C1. The molecule has 1 saturated heterocycles. The Kier molecular flexibility index (Phi) is 6.95. The van der Waals surface area contributed by atoms with Gasteiger partial charge in [-0.05, 0) is 49.9 Å². The number of likely N-dealkylation sites (tertiary alicyclic amines) is 1. The number of benzene rings is 1. The summed E-state index contributed by atoms with van der Waals surface area (Å²) in [5.41, 5.74) is 1.03. The summed E-state index contributed by atoms with van der Waals surface area (Å²) in [6, 6.07) is 7.06. The highest BCUT2D eigenvalue weighted by Gasteiger charge is 2.34. The second kappa shape index (κ2) is 8.76. The molecule has 1 aliphatic heterocycles. The molecular formula is C17H23ClF3N3O. The van der Waals surface area contributed by atoms with Crippen LogP contribution in [0.15, 0.2) is 24.3 Å². The first-order chi connectivity index (χ1) is 11.7. The highest BCUT2D eigenvalue weighted by Crippen LogP contribution is 2.22. The van der Waals surface area contributed by atoms with Gasteiger partial charge in [0, 0.05) is 24.2 Å². The predicted molar refractivity (Wildman–Crippen MR) is 91.8 cm³/mol. The summed E-state index contributed by atoms with van der Waals surface area (Å²) in [5.74, 6) is 0.0522. The van der Waals surface area contributed by atoms with Gasteiger partial charge in [-0.1, -0.05) is 23.7 Å². The molecule has 0 radical (unpaired) electrons. The average molecular weight is 378 g/mol. The van der Waals surface area contributed by atoms with Gasteiger partial charge in [0.1, 0.15) is 0 Å². The lowest BCUT2D eigenvalue weighted by Crippen LogP contribution is -2.43. The molecule has 25 heavy (non-hydrogen) atoms. The molecule has 0 saturated carbocycles. The molecule has 1 aromatic rings. The van der Waals surface area contributed by atoms with Gasteiger partial charge in [-0.3, -0.25) is 4.90 Å². The molecule has 1 aliphatic rings. The second-order valence-corrected chi connectivity index (χ2v) is 7.03. The largest absolute Gasteiger partial charge is 0.401 e. The normalized spacial score (nSPS) is 19.6. The first-order valence-electron chi connectivity index (χ1n) is 8.29. The highest BCUT2D eigenvalue weighted by atomic mass is 35.5. The molecule has 2 atom stereocenters. The summed E-state index contributed by atoms with van der Waals surface area (Å²) in [6.45, 7) is 2.16. The van der Waals surface area contributed by atoms with E-state index in [2.05, 4.69) is 10.6 Å². The topological polar surface area (TPSA) is 44.4 Å². The minimum atomic E-state index is -4.17. The fourth-order valence-electron chi connectivity index (χ4n) is 3.06. The number of carbonyl (C=O) groups excluding carboxylic acids is 1. The molecule has 1 heterocycles. The van der Waals surface area contributed by atoms with Crippen molar-refractivity contribution >= 4 is 17.6 Å². The predicted octanol–water partition coefficient (Wildman–Crippen LogP) is 3.45. The molecule has 0 spiro atoms. The third-order valence-corrected chi connectivity index (χ3v) is 4.37. The summed E-state index contributed by atoms with van der Waals surface area (Å²) >= 11 is 5.93. The first-order valence-corrected chi connectivity index (χ1v) is 8.67. The zero-order valence-corrected chi connectivity index (χ0v) is 14.8. The number of urea groups is 1. The summed E-state index contributed by atoms with van der Waals surface area (Å²) in [4.78, 5) is 13.3. The zero-order valence-electron chi connectivity index (χ0n) is 14.1. The Morgan fingerprint density at radius 2 is 2.20 bits per heavy atom. The van der Waals surface area contributed by atoms with Crippen LogP contribution >= 0.6 is 11.6 Å². The summed E-state index contributed by atoms with van der Waals surface area (Å²) in [5, 5.41) is 6.24. The Bertz CT molecular complexity index is 583. The molecule has 2 amide bonds. The van der Waals surface area contributed by atoms with Gasteiger partial charge in [0.05, 0.1) is 6.54 Å². The van der Waals surface area contributed by atoms with E-state index in [1.807, 2.05) is 25.1 Å². The first kappa shape index (κ1) is 19.8. The molecule has 1 aromatic carbocycles. The van der Waals surface area contributed by atoms with Crippen molar-refractivity contribution in [2.75, 3.05) is 26.2 Å². The number of halogens is 4. The van der Waals surface area contributed by atoms with E-state index in [9.17, 15) is 18.0 Å². The van der Waals surface area contributed by atoms with Gasteiger partial charge < -0.3 is 10.6 Å². The van der Waals surface area contributed by atoms with Crippen LogP contribution in [0.25, 0.3) is 0 Å². The lowest BCUT2D eigenvalue weighted by molar-refractivity contribution is -0.143. The van der Waals surface area contributed by atoms with Crippen LogP contribution in [0.3, 0.4) is 0 Å². The van der Waals surface area contributed by atoms with Crippen LogP contribution in [0.2, 0.25) is 5.02 Å². The maximum atomic E-state index is 12.4. The van der Waals surface area contributed by atoms with E-state index in [0.717, 1.165) is 5.56 Å². The van der Waals surface area contributed by atoms with Gasteiger partial charge in [0.15, 0.2) is 0 Å². The standard InChI is InChI=1S/C17H23ClF3N3O/c1-12(7-13-3-2-4-15(18)8-13)23-16(25)22-9-14-5-6-24(10-14)11-17(19,20)21/h2-4,8,12,14H,5-7,9-11H2,1H3,(H2,22,23,25)/t12-,14-/m1/s1. The van der Waals surface area contributed by atoms with Crippen molar-refractivity contribution in [2.24, 2.45) is 5.92 Å². The number of alkyl halides is 3. The number of carbonyl (C=O) groups is 1. The molecule has 4 nitrogen and oxygen atoms in total. The van der Waals surface area contributed by atoms with Gasteiger partial charge in [-0.25, -0.2) is 4.79 Å². The van der Waals surface area contributed by atoms with E-state index in [0.29, 0.717) is 37.5 Å². The summed E-state index contributed by atoms with van der Waals surface area (Å²) in [6.07, 6.45) is -2.86.